The summed E-state index contributed by atoms with van der Waals surface area (Å²) < 4.78 is 0. The molecule has 1 amide bonds. The number of nitrogens with one attached hydrogen (secondary N) is 2. The van der Waals surface area contributed by atoms with E-state index in [9.17, 15) is 4.79 Å². The second-order valence-corrected chi connectivity index (χ2v) is 6.14. The number of hydrogen-bond acceptors (Lipinski definition) is 2. The summed E-state index contributed by atoms with van der Waals surface area (Å²) in [5.41, 5.74) is 2.79. The van der Waals surface area contributed by atoms with Gasteiger partial charge in [-0.3, -0.25) is 4.79 Å². The van der Waals surface area contributed by atoms with Crippen LogP contribution < -0.4 is 10.6 Å². The van der Waals surface area contributed by atoms with Crippen molar-refractivity contribution in [1.82, 2.24) is 10.6 Å². The molecular formula is C17H26N2O. The summed E-state index contributed by atoms with van der Waals surface area (Å²) in [7, 11) is 0. The summed E-state index contributed by atoms with van der Waals surface area (Å²) >= 11 is 0. The van der Waals surface area contributed by atoms with E-state index >= 15 is 0 Å². The number of carbonyl (C=O) groups excluding carboxylic acids is 1. The molecular weight excluding hydrogens is 248 g/mol. The highest BCUT2D eigenvalue weighted by atomic mass is 16.1. The summed E-state index contributed by atoms with van der Waals surface area (Å²) in [6.07, 6.45) is 3.23. The van der Waals surface area contributed by atoms with E-state index in [2.05, 4.69) is 48.7 Å². The third-order valence-corrected chi connectivity index (χ3v) is 3.57. The van der Waals surface area contributed by atoms with Gasteiger partial charge in [0.05, 0.1) is 0 Å². The molecule has 0 aromatic heterocycles. The van der Waals surface area contributed by atoms with E-state index in [1.54, 1.807) is 0 Å². The first kappa shape index (κ1) is 15.0. The lowest BCUT2D eigenvalue weighted by Crippen LogP contribution is -2.30. The Bertz CT molecular complexity index is 438. The summed E-state index contributed by atoms with van der Waals surface area (Å²) in [4.78, 5) is 11.6. The highest BCUT2D eigenvalue weighted by Crippen LogP contribution is 2.40. The molecule has 110 valence electrons. The van der Waals surface area contributed by atoms with Crippen LogP contribution in [0.15, 0.2) is 24.3 Å². The van der Waals surface area contributed by atoms with Gasteiger partial charge in [0.15, 0.2) is 0 Å². The maximum atomic E-state index is 11.6. The van der Waals surface area contributed by atoms with E-state index in [1.165, 1.54) is 24.0 Å². The van der Waals surface area contributed by atoms with Gasteiger partial charge in [-0.2, -0.15) is 0 Å². The molecule has 0 radical (unpaired) electrons. The Morgan fingerprint density at radius 2 is 2.15 bits per heavy atom. The van der Waals surface area contributed by atoms with E-state index in [4.69, 9.17) is 0 Å². The van der Waals surface area contributed by atoms with E-state index in [0.29, 0.717) is 12.3 Å². The lowest BCUT2D eigenvalue weighted by molar-refractivity contribution is -0.121. The lowest BCUT2D eigenvalue weighted by Gasteiger charge is -2.09. The maximum Gasteiger partial charge on any atom is 0.221 e. The maximum absolute atomic E-state index is 11.6. The van der Waals surface area contributed by atoms with Crippen molar-refractivity contribution < 1.29 is 4.79 Å². The number of hydrogen-bond donors (Lipinski definition) is 2. The van der Waals surface area contributed by atoms with Crippen molar-refractivity contribution >= 4 is 5.91 Å². The van der Waals surface area contributed by atoms with Crippen molar-refractivity contribution in [2.45, 2.75) is 45.6 Å². The van der Waals surface area contributed by atoms with Gasteiger partial charge in [0.1, 0.15) is 0 Å². The third-order valence-electron chi connectivity index (χ3n) is 3.57. The Balaban J connectivity index is 1.63. The second kappa shape index (κ2) is 7.44. The number of rotatable bonds is 8. The fraction of sp³-hybridized carbons (Fsp3) is 0.588. The molecule has 0 heterocycles. The molecule has 0 aliphatic heterocycles. The topological polar surface area (TPSA) is 41.1 Å². The van der Waals surface area contributed by atoms with Crippen LogP contribution in [0.5, 0.6) is 0 Å². The Kier molecular flexibility index (Phi) is 5.60. The molecule has 1 saturated carbocycles. The van der Waals surface area contributed by atoms with E-state index in [-0.39, 0.29) is 5.91 Å². The summed E-state index contributed by atoms with van der Waals surface area (Å²) in [6, 6.07) is 8.81. The molecule has 2 rings (SSSR count). The highest BCUT2D eigenvalue weighted by molar-refractivity contribution is 5.76. The van der Waals surface area contributed by atoms with Gasteiger partial charge in [-0.25, -0.2) is 0 Å². The van der Waals surface area contributed by atoms with Gasteiger partial charge < -0.3 is 10.6 Å². The van der Waals surface area contributed by atoms with Crippen LogP contribution >= 0.6 is 0 Å². The molecule has 1 fully saturated rings. The lowest BCUT2D eigenvalue weighted by atomic mass is 10.1. The van der Waals surface area contributed by atoms with Gasteiger partial charge in [0, 0.05) is 26.1 Å². The number of amides is 1. The average Bonchev–Trinajstić information content (AvgIpc) is 3.26. The minimum Gasteiger partial charge on any atom is -0.356 e. The first-order chi connectivity index (χ1) is 9.65. The van der Waals surface area contributed by atoms with Gasteiger partial charge >= 0.3 is 0 Å². The standard InChI is InChI=1S/C17H26N2O/c1-13(2)11-19-17(20)8-9-18-12-14-4-3-5-16(10-14)15-6-7-15/h3-5,10,13,15,18H,6-9,11-12H2,1-2H3,(H,19,20). The number of carbonyl (C=O) groups is 1. The molecule has 3 heteroatoms. The van der Waals surface area contributed by atoms with Crippen LogP contribution in [0.4, 0.5) is 0 Å². The summed E-state index contributed by atoms with van der Waals surface area (Å²) in [5.74, 6) is 1.45. The van der Waals surface area contributed by atoms with Crippen molar-refractivity contribution in [3.63, 3.8) is 0 Å². The first-order valence-corrected chi connectivity index (χ1v) is 7.71. The molecule has 0 unspecified atom stereocenters. The van der Waals surface area contributed by atoms with Crippen molar-refractivity contribution in [2.24, 2.45) is 5.92 Å². The fourth-order valence-electron chi connectivity index (χ4n) is 2.21. The molecule has 0 spiro atoms. The van der Waals surface area contributed by atoms with Crippen molar-refractivity contribution in [3.8, 4) is 0 Å². The van der Waals surface area contributed by atoms with Gasteiger partial charge in [-0.15, -0.1) is 0 Å². The van der Waals surface area contributed by atoms with Crippen molar-refractivity contribution in [1.29, 1.82) is 0 Å². The zero-order valence-electron chi connectivity index (χ0n) is 12.6. The molecule has 1 aliphatic rings. The SMILES string of the molecule is CC(C)CNC(=O)CCNCc1cccc(C2CC2)c1. The van der Waals surface area contributed by atoms with Gasteiger partial charge in [-0.05, 0) is 35.8 Å². The average molecular weight is 274 g/mol. The molecule has 0 atom stereocenters. The molecule has 20 heavy (non-hydrogen) atoms. The predicted octanol–water partition coefficient (Wildman–Crippen LogP) is 2.82. The second-order valence-electron chi connectivity index (χ2n) is 6.14. The Hall–Kier alpha value is -1.35. The van der Waals surface area contributed by atoms with Crippen LogP contribution in [-0.2, 0) is 11.3 Å². The van der Waals surface area contributed by atoms with Crippen LogP contribution in [0, 0.1) is 5.92 Å². The molecule has 1 aromatic carbocycles. The van der Waals surface area contributed by atoms with Gasteiger partial charge in [0.2, 0.25) is 5.91 Å². The fourth-order valence-corrected chi connectivity index (χ4v) is 2.21. The third kappa shape index (κ3) is 5.33. The largest absolute Gasteiger partial charge is 0.356 e. The Morgan fingerprint density at radius 1 is 1.35 bits per heavy atom. The van der Waals surface area contributed by atoms with Crippen LogP contribution in [0.25, 0.3) is 0 Å². The number of benzene rings is 1. The zero-order chi connectivity index (χ0) is 14.4. The monoisotopic (exact) mass is 274 g/mol. The summed E-state index contributed by atoms with van der Waals surface area (Å²) in [6.45, 7) is 6.55. The van der Waals surface area contributed by atoms with E-state index in [1.807, 2.05) is 0 Å². The minimum absolute atomic E-state index is 0.137. The molecule has 0 bridgehead atoms. The van der Waals surface area contributed by atoms with Gasteiger partial charge in [-0.1, -0.05) is 38.1 Å². The predicted molar refractivity (Wildman–Crippen MR) is 82.6 cm³/mol. The van der Waals surface area contributed by atoms with Gasteiger partial charge in [0.25, 0.3) is 0 Å². The van der Waals surface area contributed by atoms with E-state index < -0.39 is 0 Å². The van der Waals surface area contributed by atoms with Crippen molar-refractivity contribution in [3.05, 3.63) is 35.4 Å². The normalized spacial score (nSPS) is 14.6. The Labute approximate surface area is 122 Å². The molecule has 0 saturated heterocycles. The van der Waals surface area contributed by atoms with E-state index in [0.717, 1.165) is 25.6 Å². The molecule has 2 N–H and O–H groups in total. The Morgan fingerprint density at radius 3 is 2.85 bits per heavy atom. The van der Waals surface area contributed by atoms with Crippen LogP contribution in [0.2, 0.25) is 0 Å². The quantitative estimate of drug-likeness (QED) is 0.716. The van der Waals surface area contributed by atoms with Crippen LogP contribution in [0.3, 0.4) is 0 Å². The molecule has 1 aromatic rings. The summed E-state index contributed by atoms with van der Waals surface area (Å²) in [5, 5.41) is 6.28. The molecule has 3 nitrogen and oxygen atoms in total. The minimum atomic E-state index is 0.137. The highest BCUT2D eigenvalue weighted by Gasteiger charge is 2.23. The van der Waals surface area contributed by atoms with Crippen molar-refractivity contribution in [2.75, 3.05) is 13.1 Å². The van der Waals surface area contributed by atoms with Crippen LogP contribution in [0.1, 0.15) is 50.2 Å². The smallest absolute Gasteiger partial charge is 0.221 e. The van der Waals surface area contributed by atoms with Crippen LogP contribution in [-0.4, -0.2) is 19.0 Å². The first-order valence-electron chi connectivity index (χ1n) is 7.71. The molecule has 1 aliphatic carbocycles. The zero-order valence-corrected chi connectivity index (χ0v) is 12.6.